The minimum atomic E-state index is -5.39. The van der Waals surface area contributed by atoms with E-state index in [1.165, 1.54) is 24.3 Å². The van der Waals surface area contributed by atoms with Crippen LogP contribution in [0.2, 0.25) is 0 Å². The van der Waals surface area contributed by atoms with Crippen LogP contribution in [0.5, 0.6) is 0 Å². The summed E-state index contributed by atoms with van der Waals surface area (Å²) in [5.74, 6) is -5.30. The van der Waals surface area contributed by atoms with E-state index in [4.69, 9.17) is 0 Å². The Hall–Kier alpha value is -1.47. The first-order valence-corrected chi connectivity index (χ1v) is 11.1. The molecule has 1 aliphatic rings. The van der Waals surface area contributed by atoms with Gasteiger partial charge in [-0.25, -0.2) is 0 Å². The molecule has 1 aliphatic heterocycles. The van der Waals surface area contributed by atoms with Crippen LogP contribution >= 0.6 is 0 Å². The van der Waals surface area contributed by atoms with Gasteiger partial charge in [-0.05, 0) is 0 Å². The van der Waals surface area contributed by atoms with E-state index in [1.807, 2.05) is 0 Å². The molecule has 0 aromatic heterocycles. The third kappa shape index (κ3) is 4.09. The zero-order valence-corrected chi connectivity index (χ0v) is 13.4. The van der Waals surface area contributed by atoms with Gasteiger partial charge in [-0.2, -0.15) is 0 Å². The molecule has 2 rings (SSSR count). The molecule has 0 unspecified atom stereocenters. The molecule has 0 atom stereocenters. The zero-order chi connectivity index (χ0) is 17.5. The van der Waals surface area contributed by atoms with Gasteiger partial charge in [0.1, 0.15) is 0 Å². The van der Waals surface area contributed by atoms with Crippen LogP contribution in [0.25, 0.3) is 0 Å². The fraction of sp³-hybridized carbons (Fsp3) is 0.333. The summed E-state index contributed by atoms with van der Waals surface area (Å²) in [6, 6.07) is 5.97. The van der Waals surface area contributed by atoms with Gasteiger partial charge >= 0.3 is 130 Å². The van der Waals surface area contributed by atoms with Crippen molar-refractivity contribution in [1.29, 1.82) is 0 Å². The number of benzene rings is 1. The summed E-state index contributed by atoms with van der Waals surface area (Å²) in [4.78, 5) is 22.1. The first-order valence-electron chi connectivity index (χ1n) is 5.90. The Kier molecular flexibility index (Phi) is 4.56. The number of alkyl halides is 6. The van der Waals surface area contributed by atoms with Crippen LogP contribution in [0.4, 0.5) is 26.3 Å². The second-order valence-electron chi connectivity index (χ2n) is 4.54. The van der Waals surface area contributed by atoms with E-state index in [1.54, 1.807) is 0 Å². The quantitative estimate of drug-likeness (QED) is 0.506. The van der Waals surface area contributed by atoms with Crippen molar-refractivity contribution in [3.63, 3.8) is 0 Å². The predicted molar refractivity (Wildman–Crippen MR) is 63.9 cm³/mol. The van der Waals surface area contributed by atoms with Gasteiger partial charge in [0.2, 0.25) is 0 Å². The van der Waals surface area contributed by atoms with Crippen molar-refractivity contribution in [2.75, 3.05) is 0 Å². The van der Waals surface area contributed by atoms with Gasteiger partial charge in [-0.1, -0.05) is 0 Å². The average Bonchev–Trinajstić information content (AvgIpc) is 2.73. The summed E-state index contributed by atoms with van der Waals surface area (Å²) < 4.78 is 82.0. The SMILES string of the molecule is O=C(O[Te]1(OC(=O)C(F)(F)F)Cc2ccccc2C1)C(F)(F)F. The van der Waals surface area contributed by atoms with Gasteiger partial charge in [0.15, 0.2) is 0 Å². The molecule has 0 saturated heterocycles. The Morgan fingerprint density at radius 1 is 0.826 bits per heavy atom. The number of hydrogen-bond donors (Lipinski definition) is 0. The van der Waals surface area contributed by atoms with Crippen molar-refractivity contribution in [2.24, 2.45) is 0 Å². The van der Waals surface area contributed by atoms with E-state index >= 15 is 0 Å². The molecular formula is C12H8F6O4Te. The van der Waals surface area contributed by atoms with Crippen LogP contribution in [0.15, 0.2) is 24.3 Å². The molecule has 1 aromatic rings. The summed E-state index contributed by atoms with van der Waals surface area (Å²) in [7, 11) is 0. The normalized spacial score (nSPS) is 18.0. The Morgan fingerprint density at radius 2 is 1.17 bits per heavy atom. The Morgan fingerprint density at radius 3 is 1.48 bits per heavy atom. The van der Waals surface area contributed by atoms with Gasteiger partial charge in [-0.3, -0.25) is 0 Å². The summed E-state index contributed by atoms with van der Waals surface area (Å²) >= 11 is -5.06. The van der Waals surface area contributed by atoms with E-state index in [0.717, 1.165) is 0 Å². The summed E-state index contributed by atoms with van der Waals surface area (Å²) in [5, 5.41) is 0. The fourth-order valence-corrected chi connectivity index (χ4v) is 9.36. The van der Waals surface area contributed by atoms with Gasteiger partial charge in [0.25, 0.3) is 0 Å². The average molecular weight is 458 g/mol. The van der Waals surface area contributed by atoms with E-state index in [2.05, 4.69) is 6.20 Å². The topological polar surface area (TPSA) is 52.6 Å². The molecule has 23 heavy (non-hydrogen) atoms. The van der Waals surface area contributed by atoms with Crippen LogP contribution in [0.1, 0.15) is 11.1 Å². The van der Waals surface area contributed by atoms with Crippen LogP contribution in [0.3, 0.4) is 0 Å². The molecule has 0 amide bonds. The van der Waals surface area contributed by atoms with Crippen molar-refractivity contribution >= 4 is 30.9 Å². The van der Waals surface area contributed by atoms with Gasteiger partial charge < -0.3 is 0 Å². The van der Waals surface area contributed by atoms with E-state index in [-0.39, 0.29) is 0 Å². The van der Waals surface area contributed by atoms with Crippen LogP contribution in [-0.4, -0.2) is 43.3 Å². The van der Waals surface area contributed by atoms with Crippen LogP contribution in [-0.2, 0) is 24.7 Å². The molecule has 0 aliphatic carbocycles. The molecule has 0 N–H and O–H groups in total. The van der Waals surface area contributed by atoms with Crippen molar-refractivity contribution in [3.05, 3.63) is 35.4 Å². The number of hydrogen-bond acceptors (Lipinski definition) is 4. The second kappa shape index (κ2) is 5.87. The number of halogens is 6. The summed E-state index contributed by atoms with van der Waals surface area (Å²) in [5.41, 5.74) is 0.803. The van der Waals surface area contributed by atoms with Gasteiger partial charge in [0, 0.05) is 0 Å². The molecule has 128 valence electrons. The van der Waals surface area contributed by atoms with Gasteiger partial charge in [0.05, 0.1) is 0 Å². The van der Waals surface area contributed by atoms with Crippen molar-refractivity contribution < 1.29 is 42.1 Å². The Bertz CT molecular complexity index is 584. The summed E-state index contributed by atoms with van der Waals surface area (Å²) in [6.45, 7) is 0. The second-order valence-corrected chi connectivity index (χ2v) is 11.4. The molecule has 1 heterocycles. The van der Waals surface area contributed by atoms with E-state index in [0.29, 0.717) is 11.1 Å². The van der Waals surface area contributed by atoms with Crippen molar-refractivity contribution in [3.8, 4) is 0 Å². The van der Waals surface area contributed by atoms with E-state index in [9.17, 15) is 35.9 Å². The van der Waals surface area contributed by atoms with Crippen molar-refractivity contribution in [1.82, 2.24) is 0 Å². The first kappa shape index (κ1) is 17.9. The molecule has 4 nitrogen and oxygen atoms in total. The molecule has 0 saturated carbocycles. The molecular weight excluding hydrogens is 450 g/mol. The Balaban J connectivity index is 2.30. The molecule has 0 fully saturated rings. The summed E-state index contributed by atoms with van der Waals surface area (Å²) in [6.07, 6.45) is -10.8. The number of carbonyl (C=O) groups excluding carboxylic acids is 2. The number of carbonyl (C=O) groups is 2. The number of fused-ring (bicyclic) bond motifs is 1. The fourth-order valence-electron chi connectivity index (χ4n) is 1.87. The van der Waals surface area contributed by atoms with Crippen LogP contribution < -0.4 is 0 Å². The maximum absolute atomic E-state index is 12.4. The monoisotopic (exact) mass is 460 g/mol. The van der Waals surface area contributed by atoms with E-state index < -0.39 is 52.2 Å². The molecule has 11 heteroatoms. The predicted octanol–water partition coefficient (Wildman–Crippen LogP) is 2.52. The molecule has 1 aromatic carbocycles. The molecule has 0 radical (unpaired) electrons. The standard InChI is InChI=1S/C12H8F6O4Te/c13-11(14,15)9(19)21-23(22-10(20)12(16,17)18)5-7-3-1-2-4-8(7)6-23/h1-4H,5-6H2. The van der Waals surface area contributed by atoms with Crippen LogP contribution in [0, 0.1) is 0 Å². The third-order valence-corrected chi connectivity index (χ3v) is 9.67. The molecule has 0 bridgehead atoms. The Labute approximate surface area is 130 Å². The third-order valence-electron chi connectivity index (χ3n) is 2.79. The molecule has 0 spiro atoms. The first-order chi connectivity index (χ1) is 10.4. The minimum absolute atomic E-state index is 0.402. The maximum atomic E-state index is 12.4. The van der Waals surface area contributed by atoms with Crippen molar-refractivity contribution in [2.45, 2.75) is 21.3 Å². The van der Waals surface area contributed by atoms with Gasteiger partial charge in [-0.15, -0.1) is 0 Å². The zero-order valence-electron chi connectivity index (χ0n) is 11.0. The number of rotatable bonds is 2.